The lowest BCUT2D eigenvalue weighted by atomic mass is 10.2. The highest BCUT2D eigenvalue weighted by molar-refractivity contribution is 5.95. The standard InChI is InChI=1S/C16H15N3O6/c1-24-14-7-5-11(6-8-14)10-25-16(21)18-17-15(20)12-3-2-4-13(9-12)19(22)23/h2-9H,10H2,1H3,(H,17,20)(H,18,21). The second-order valence-corrected chi connectivity index (χ2v) is 4.81. The minimum atomic E-state index is -0.866. The van der Waals surface area contributed by atoms with Gasteiger partial charge < -0.3 is 9.47 Å². The summed E-state index contributed by atoms with van der Waals surface area (Å²) in [6, 6.07) is 12.0. The third kappa shape index (κ3) is 5.20. The molecule has 0 radical (unpaired) electrons. The van der Waals surface area contributed by atoms with E-state index in [1.165, 1.54) is 18.2 Å². The molecule has 130 valence electrons. The number of amides is 2. The largest absolute Gasteiger partial charge is 0.497 e. The van der Waals surface area contributed by atoms with Gasteiger partial charge in [0.05, 0.1) is 12.0 Å². The molecule has 2 aromatic rings. The lowest BCUT2D eigenvalue weighted by Gasteiger charge is -2.09. The number of benzene rings is 2. The van der Waals surface area contributed by atoms with Crippen molar-refractivity contribution in [2.24, 2.45) is 0 Å². The minimum Gasteiger partial charge on any atom is -0.497 e. The third-order valence-corrected chi connectivity index (χ3v) is 3.13. The zero-order valence-electron chi connectivity index (χ0n) is 13.2. The molecule has 0 fully saturated rings. The summed E-state index contributed by atoms with van der Waals surface area (Å²) < 4.78 is 9.95. The van der Waals surface area contributed by atoms with Crippen LogP contribution in [0.15, 0.2) is 48.5 Å². The van der Waals surface area contributed by atoms with Gasteiger partial charge in [-0.25, -0.2) is 10.2 Å². The van der Waals surface area contributed by atoms with E-state index in [1.54, 1.807) is 31.4 Å². The number of hydrazine groups is 1. The maximum atomic E-state index is 11.9. The number of rotatable bonds is 5. The van der Waals surface area contributed by atoms with Gasteiger partial charge in [-0.2, -0.15) is 0 Å². The van der Waals surface area contributed by atoms with Crippen molar-refractivity contribution in [3.05, 3.63) is 69.8 Å². The maximum absolute atomic E-state index is 11.9. The lowest BCUT2D eigenvalue weighted by molar-refractivity contribution is -0.384. The Morgan fingerprint density at radius 2 is 1.84 bits per heavy atom. The van der Waals surface area contributed by atoms with Gasteiger partial charge in [0.2, 0.25) is 0 Å². The van der Waals surface area contributed by atoms with Crippen LogP contribution in [0.4, 0.5) is 10.5 Å². The fraction of sp³-hybridized carbons (Fsp3) is 0.125. The molecule has 2 aromatic carbocycles. The van der Waals surface area contributed by atoms with Crippen molar-refractivity contribution in [3.8, 4) is 5.75 Å². The van der Waals surface area contributed by atoms with Crippen LogP contribution in [0.3, 0.4) is 0 Å². The van der Waals surface area contributed by atoms with Crippen LogP contribution in [-0.4, -0.2) is 24.0 Å². The summed E-state index contributed by atoms with van der Waals surface area (Å²) in [6.07, 6.45) is -0.866. The van der Waals surface area contributed by atoms with E-state index in [0.717, 1.165) is 11.6 Å². The van der Waals surface area contributed by atoms with Gasteiger partial charge in [0.15, 0.2) is 0 Å². The van der Waals surface area contributed by atoms with Crippen molar-refractivity contribution in [2.45, 2.75) is 6.61 Å². The molecule has 25 heavy (non-hydrogen) atoms. The summed E-state index contributed by atoms with van der Waals surface area (Å²) in [5.41, 5.74) is 4.72. The molecule has 0 saturated heterocycles. The van der Waals surface area contributed by atoms with Gasteiger partial charge in [-0.1, -0.05) is 18.2 Å². The van der Waals surface area contributed by atoms with E-state index in [-0.39, 0.29) is 17.9 Å². The zero-order chi connectivity index (χ0) is 18.2. The predicted molar refractivity (Wildman–Crippen MR) is 86.9 cm³/mol. The monoisotopic (exact) mass is 345 g/mol. The first-order chi connectivity index (χ1) is 12.0. The Hall–Kier alpha value is -3.62. The number of carbonyl (C=O) groups excluding carboxylic acids is 2. The zero-order valence-corrected chi connectivity index (χ0v) is 13.2. The third-order valence-electron chi connectivity index (χ3n) is 3.13. The summed E-state index contributed by atoms with van der Waals surface area (Å²) in [5.74, 6) is -0.0254. The Bertz CT molecular complexity index is 776. The highest BCUT2D eigenvalue weighted by Crippen LogP contribution is 2.13. The first-order valence-electron chi connectivity index (χ1n) is 7.10. The smallest absolute Gasteiger partial charge is 0.426 e. The molecule has 9 heteroatoms. The Kier molecular flexibility index (Phi) is 5.88. The SMILES string of the molecule is COc1ccc(COC(=O)NNC(=O)c2cccc([N+](=O)[O-])c2)cc1. The second kappa shape index (κ2) is 8.29. The summed E-state index contributed by atoms with van der Waals surface area (Å²) in [7, 11) is 1.54. The minimum absolute atomic E-state index is 0.00249. The van der Waals surface area contributed by atoms with E-state index in [4.69, 9.17) is 9.47 Å². The number of non-ortho nitro benzene ring substituents is 1. The topological polar surface area (TPSA) is 120 Å². The number of nitro groups is 1. The second-order valence-electron chi connectivity index (χ2n) is 4.81. The van der Waals surface area contributed by atoms with Crippen LogP contribution in [0.5, 0.6) is 5.75 Å². The number of methoxy groups -OCH3 is 1. The summed E-state index contributed by atoms with van der Waals surface area (Å²) in [5, 5.41) is 10.7. The van der Waals surface area contributed by atoms with Crippen molar-refractivity contribution < 1.29 is 24.0 Å². The van der Waals surface area contributed by atoms with Crippen molar-refractivity contribution in [2.75, 3.05) is 7.11 Å². The van der Waals surface area contributed by atoms with Crippen molar-refractivity contribution >= 4 is 17.7 Å². The van der Waals surface area contributed by atoms with Gasteiger partial charge in [-0.3, -0.25) is 20.3 Å². The summed E-state index contributed by atoms with van der Waals surface area (Å²) in [6.45, 7) is 0.00249. The fourth-order valence-corrected chi connectivity index (χ4v) is 1.85. The molecule has 0 aliphatic carbocycles. The molecular formula is C16H15N3O6. The molecule has 0 bridgehead atoms. The molecule has 0 unspecified atom stereocenters. The first-order valence-corrected chi connectivity index (χ1v) is 7.10. The van der Waals surface area contributed by atoms with Crippen LogP contribution in [-0.2, 0) is 11.3 Å². The summed E-state index contributed by atoms with van der Waals surface area (Å²) in [4.78, 5) is 33.5. The van der Waals surface area contributed by atoms with Crippen LogP contribution in [0.25, 0.3) is 0 Å². The molecule has 0 aliphatic heterocycles. The van der Waals surface area contributed by atoms with Gasteiger partial charge in [-0.15, -0.1) is 0 Å². The fourth-order valence-electron chi connectivity index (χ4n) is 1.85. The van der Waals surface area contributed by atoms with Gasteiger partial charge in [0.25, 0.3) is 11.6 Å². The van der Waals surface area contributed by atoms with Crippen molar-refractivity contribution in [1.29, 1.82) is 0 Å². The predicted octanol–water partition coefficient (Wildman–Crippen LogP) is 2.17. The quantitative estimate of drug-likeness (QED) is 0.633. The van der Waals surface area contributed by atoms with E-state index >= 15 is 0 Å². The lowest BCUT2D eigenvalue weighted by Crippen LogP contribution is -2.41. The molecule has 2 N–H and O–H groups in total. The molecule has 0 heterocycles. The van der Waals surface area contributed by atoms with Crippen LogP contribution in [0.2, 0.25) is 0 Å². The normalized spacial score (nSPS) is 9.80. The van der Waals surface area contributed by atoms with Crippen molar-refractivity contribution in [3.63, 3.8) is 0 Å². The summed E-state index contributed by atoms with van der Waals surface area (Å²) >= 11 is 0. The average Bonchev–Trinajstić information content (AvgIpc) is 2.64. The molecule has 2 rings (SSSR count). The number of carbonyl (C=O) groups is 2. The van der Waals surface area contributed by atoms with Crippen LogP contribution >= 0.6 is 0 Å². The molecule has 0 atom stereocenters. The van der Waals surface area contributed by atoms with Gasteiger partial charge >= 0.3 is 6.09 Å². The molecule has 0 aromatic heterocycles. The molecule has 9 nitrogen and oxygen atoms in total. The molecule has 0 saturated carbocycles. The van der Waals surface area contributed by atoms with E-state index in [1.807, 2.05) is 0 Å². The number of hydrogen-bond acceptors (Lipinski definition) is 6. The van der Waals surface area contributed by atoms with E-state index in [2.05, 4.69) is 10.9 Å². The van der Waals surface area contributed by atoms with E-state index in [0.29, 0.717) is 5.75 Å². The van der Waals surface area contributed by atoms with Crippen LogP contribution in [0.1, 0.15) is 15.9 Å². The van der Waals surface area contributed by atoms with E-state index < -0.39 is 16.9 Å². The number of nitrogens with one attached hydrogen (secondary N) is 2. The van der Waals surface area contributed by atoms with Crippen LogP contribution in [0, 0.1) is 10.1 Å². The number of nitro benzene ring substituents is 1. The first kappa shape index (κ1) is 17.7. The molecule has 0 aliphatic rings. The Balaban J connectivity index is 1.81. The Labute approximate surface area is 142 Å². The molecule has 0 spiro atoms. The van der Waals surface area contributed by atoms with Gasteiger partial charge in [-0.05, 0) is 23.8 Å². The number of hydrogen-bond donors (Lipinski definition) is 2. The van der Waals surface area contributed by atoms with E-state index in [9.17, 15) is 19.7 Å². The molecular weight excluding hydrogens is 330 g/mol. The van der Waals surface area contributed by atoms with Crippen LogP contribution < -0.4 is 15.6 Å². The maximum Gasteiger partial charge on any atom is 0.426 e. The average molecular weight is 345 g/mol. The van der Waals surface area contributed by atoms with Gasteiger partial charge in [0.1, 0.15) is 12.4 Å². The molecule has 2 amide bonds. The van der Waals surface area contributed by atoms with Gasteiger partial charge in [0, 0.05) is 17.7 Å². The highest BCUT2D eigenvalue weighted by atomic mass is 16.6. The number of ether oxygens (including phenoxy) is 2. The Morgan fingerprint density at radius 1 is 1.12 bits per heavy atom. The highest BCUT2D eigenvalue weighted by Gasteiger charge is 2.12. The van der Waals surface area contributed by atoms with Crippen molar-refractivity contribution in [1.82, 2.24) is 10.9 Å². The number of nitrogens with zero attached hydrogens (tertiary/aromatic N) is 1. The Morgan fingerprint density at radius 3 is 2.48 bits per heavy atom.